The summed E-state index contributed by atoms with van der Waals surface area (Å²) in [6.07, 6.45) is 4.96. The molecule has 108 valence electrons. The van der Waals surface area contributed by atoms with Gasteiger partial charge in [-0.25, -0.2) is 0 Å². The zero-order valence-electron chi connectivity index (χ0n) is 11.1. The molecule has 1 amide bonds. The van der Waals surface area contributed by atoms with Gasteiger partial charge < -0.3 is 5.32 Å². The van der Waals surface area contributed by atoms with Crippen LogP contribution in [-0.2, 0) is 11.2 Å². The molecule has 0 saturated heterocycles. The molecule has 1 saturated carbocycles. The standard InChI is InChI=1S/C14H18ClN3OS/c15-12-8-4-1-5-10(12)9-13(19)17-18-14(20)16-11-6-2-3-7-11/h1,4-5,8,11H,2-3,6-7,9H2,(H,17,19)(H2,16,18,20). The number of thiocarbonyl (C=S) groups is 1. The Bertz CT molecular complexity index is 489. The zero-order valence-corrected chi connectivity index (χ0v) is 12.7. The van der Waals surface area contributed by atoms with Crippen LogP contribution >= 0.6 is 23.8 Å². The maximum absolute atomic E-state index is 11.8. The summed E-state index contributed by atoms with van der Waals surface area (Å²) in [5, 5.41) is 4.24. The fourth-order valence-electron chi connectivity index (χ4n) is 2.28. The first kappa shape index (κ1) is 15.1. The lowest BCUT2D eigenvalue weighted by Crippen LogP contribution is -2.49. The molecule has 1 aromatic rings. The Kier molecular flexibility index (Phi) is 5.61. The molecule has 6 heteroatoms. The Morgan fingerprint density at radius 2 is 1.95 bits per heavy atom. The molecule has 0 heterocycles. The summed E-state index contributed by atoms with van der Waals surface area (Å²) in [6.45, 7) is 0. The van der Waals surface area contributed by atoms with Crippen LogP contribution in [0.15, 0.2) is 24.3 Å². The number of hydrazine groups is 1. The minimum absolute atomic E-state index is 0.173. The fraction of sp³-hybridized carbons (Fsp3) is 0.429. The number of hydrogen-bond donors (Lipinski definition) is 3. The first-order valence-electron chi connectivity index (χ1n) is 6.74. The molecule has 2 rings (SSSR count). The fourth-order valence-corrected chi connectivity index (χ4v) is 2.70. The summed E-state index contributed by atoms with van der Waals surface area (Å²) >= 11 is 11.1. The van der Waals surface area contributed by atoms with Crippen LogP contribution in [0.25, 0.3) is 0 Å². The van der Waals surface area contributed by atoms with E-state index in [0.29, 0.717) is 16.2 Å². The molecule has 1 aliphatic carbocycles. The van der Waals surface area contributed by atoms with Crippen molar-refractivity contribution >= 4 is 34.8 Å². The third-order valence-electron chi connectivity index (χ3n) is 3.31. The predicted molar refractivity (Wildman–Crippen MR) is 84.4 cm³/mol. The number of rotatable bonds is 3. The van der Waals surface area contributed by atoms with Gasteiger partial charge in [0.2, 0.25) is 5.91 Å². The van der Waals surface area contributed by atoms with Crippen LogP contribution in [0.1, 0.15) is 31.2 Å². The molecule has 20 heavy (non-hydrogen) atoms. The molecule has 0 aliphatic heterocycles. The van der Waals surface area contributed by atoms with Gasteiger partial charge >= 0.3 is 0 Å². The second-order valence-electron chi connectivity index (χ2n) is 4.90. The molecule has 4 nitrogen and oxygen atoms in total. The zero-order chi connectivity index (χ0) is 14.4. The minimum Gasteiger partial charge on any atom is -0.359 e. The Labute approximate surface area is 129 Å². The van der Waals surface area contributed by atoms with Crippen molar-refractivity contribution < 1.29 is 4.79 Å². The topological polar surface area (TPSA) is 53.2 Å². The molecule has 0 unspecified atom stereocenters. The molecule has 3 N–H and O–H groups in total. The van der Waals surface area contributed by atoms with Gasteiger partial charge in [-0.15, -0.1) is 0 Å². The number of halogens is 1. The molecule has 1 aromatic carbocycles. The molecule has 0 radical (unpaired) electrons. The van der Waals surface area contributed by atoms with Crippen molar-refractivity contribution in [2.45, 2.75) is 38.1 Å². The van der Waals surface area contributed by atoms with E-state index in [0.717, 1.165) is 18.4 Å². The van der Waals surface area contributed by atoms with E-state index in [1.165, 1.54) is 12.8 Å². The van der Waals surface area contributed by atoms with E-state index in [4.69, 9.17) is 23.8 Å². The van der Waals surface area contributed by atoms with Crippen LogP contribution in [0.2, 0.25) is 5.02 Å². The number of amides is 1. The normalized spacial score (nSPS) is 14.8. The van der Waals surface area contributed by atoms with E-state index < -0.39 is 0 Å². The monoisotopic (exact) mass is 311 g/mol. The maximum Gasteiger partial charge on any atom is 0.242 e. The SMILES string of the molecule is O=C(Cc1ccccc1Cl)NNC(=S)NC1CCCC1. The summed E-state index contributed by atoms with van der Waals surface area (Å²) in [5.74, 6) is -0.173. The lowest BCUT2D eigenvalue weighted by atomic mass is 10.1. The third kappa shape index (κ3) is 4.65. The first-order chi connectivity index (χ1) is 9.65. The number of nitrogens with one attached hydrogen (secondary N) is 3. The molecule has 0 bridgehead atoms. The summed E-state index contributed by atoms with van der Waals surface area (Å²) in [7, 11) is 0. The summed E-state index contributed by atoms with van der Waals surface area (Å²) in [6, 6.07) is 7.72. The van der Waals surface area contributed by atoms with Crippen LogP contribution in [0, 0.1) is 0 Å². The second kappa shape index (κ2) is 7.45. The minimum atomic E-state index is -0.173. The average Bonchev–Trinajstić information content (AvgIpc) is 2.92. The summed E-state index contributed by atoms with van der Waals surface area (Å²) in [5.41, 5.74) is 6.10. The van der Waals surface area contributed by atoms with Crippen molar-refractivity contribution in [3.8, 4) is 0 Å². The van der Waals surface area contributed by atoms with Crippen molar-refractivity contribution in [3.63, 3.8) is 0 Å². The van der Waals surface area contributed by atoms with Crippen LogP contribution in [0.3, 0.4) is 0 Å². The van der Waals surface area contributed by atoms with E-state index in [1.807, 2.05) is 18.2 Å². The van der Waals surface area contributed by atoms with Gasteiger partial charge in [0, 0.05) is 11.1 Å². The molecule has 0 spiro atoms. The van der Waals surface area contributed by atoms with Gasteiger partial charge in [0.1, 0.15) is 0 Å². The van der Waals surface area contributed by atoms with E-state index in [1.54, 1.807) is 6.07 Å². The summed E-state index contributed by atoms with van der Waals surface area (Å²) in [4.78, 5) is 11.8. The largest absolute Gasteiger partial charge is 0.359 e. The van der Waals surface area contributed by atoms with Gasteiger partial charge in [0.05, 0.1) is 6.42 Å². The van der Waals surface area contributed by atoms with Gasteiger partial charge in [0.25, 0.3) is 0 Å². The van der Waals surface area contributed by atoms with Gasteiger partial charge in [0.15, 0.2) is 5.11 Å². The van der Waals surface area contributed by atoms with Gasteiger partial charge in [-0.2, -0.15) is 0 Å². The van der Waals surface area contributed by atoms with Crippen molar-refractivity contribution in [2.75, 3.05) is 0 Å². The lowest BCUT2D eigenvalue weighted by Gasteiger charge is -2.16. The van der Waals surface area contributed by atoms with Crippen molar-refractivity contribution in [2.24, 2.45) is 0 Å². The number of hydrogen-bond acceptors (Lipinski definition) is 2. The Hall–Kier alpha value is -1.33. The number of carbonyl (C=O) groups excluding carboxylic acids is 1. The van der Waals surface area contributed by atoms with E-state index in [2.05, 4.69) is 16.2 Å². The third-order valence-corrected chi connectivity index (χ3v) is 3.90. The quantitative estimate of drug-likeness (QED) is 0.592. The average molecular weight is 312 g/mol. The summed E-state index contributed by atoms with van der Waals surface area (Å²) < 4.78 is 0. The van der Waals surface area contributed by atoms with E-state index in [-0.39, 0.29) is 12.3 Å². The van der Waals surface area contributed by atoms with Gasteiger partial charge in [-0.3, -0.25) is 15.6 Å². The van der Waals surface area contributed by atoms with Crippen LogP contribution in [0.4, 0.5) is 0 Å². The highest BCUT2D eigenvalue weighted by Gasteiger charge is 2.15. The van der Waals surface area contributed by atoms with E-state index in [9.17, 15) is 4.79 Å². The number of carbonyl (C=O) groups is 1. The molecule has 1 fully saturated rings. The Morgan fingerprint density at radius 3 is 2.65 bits per heavy atom. The first-order valence-corrected chi connectivity index (χ1v) is 7.52. The number of benzene rings is 1. The van der Waals surface area contributed by atoms with Crippen molar-refractivity contribution in [3.05, 3.63) is 34.9 Å². The molecule has 0 atom stereocenters. The molecule has 0 aromatic heterocycles. The lowest BCUT2D eigenvalue weighted by molar-refractivity contribution is -0.121. The van der Waals surface area contributed by atoms with E-state index >= 15 is 0 Å². The van der Waals surface area contributed by atoms with Gasteiger partial charge in [-0.1, -0.05) is 42.6 Å². The van der Waals surface area contributed by atoms with Crippen molar-refractivity contribution in [1.29, 1.82) is 0 Å². The Balaban J connectivity index is 1.72. The molecular weight excluding hydrogens is 294 g/mol. The van der Waals surface area contributed by atoms with Gasteiger partial charge in [-0.05, 0) is 36.7 Å². The second-order valence-corrected chi connectivity index (χ2v) is 5.71. The Morgan fingerprint density at radius 1 is 1.25 bits per heavy atom. The molecular formula is C14H18ClN3OS. The van der Waals surface area contributed by atoms with Crippen LogP contribution in [0.5, 0.6) is 0 Å². The van der Waals surface area contributed by atoms with Crippen LogP contribution in [-0.4, -0.2) is 17.1 Å². The molecule has 1 aliphatic rings. The maximum atomic E-state index is 11.8. The van der Waals surface area contributed by atoms with Crippen LogP contribution < -0.4 is 16.2 Å². The highest BCUT2D eigenvalue weighted by Crippen LogP contribution is 2.17. The highest BCUT2D eigenvalue weighted by molar-refractivity contribution is 7.80. The highest BCUT2D eigenvalue weighted by atomic mass is 35.5. The predicted octanol–water partition coefficient (Wildman–Crippen LogP) is 2.32. The van der Waals surface area contributed by atoms with Crippen molar-refractivity contribution in [1.82, 2.24) is 16.2 Å². The smallest absolute Gasteiger partial charge is 0.242 e.